The number of fused-ring (bicyclic) bond motifs is 3. The highest BCUT2D eigenvalue weighted by Crippen LogP contribution is 2.36. The van der Waals surface area contributed by atoms with Crippen LogP contribution in [-0.4, -0.2) is 9.55 Å². The van der Waals surface area contributed by atoms with E-state index in [2.05, 4.69) is 142 Å². The van der Waals surface area contributed by atoms with Crippen LogP contribution in [0.5, 0.6) is 0 Å². The second-order valence-electron chi connectivity index (χ2n) is 10.7. The van der Waals surface area contributed by atoms with E-state index >= 15 is 0 Å². The molecule has 46 heavy (non-hydrogen) atoms. The summed E-state index contributed by atoms with van der Waals surface area (Å²) in [4.78, 5) is 5.14. The molecule has 4 nitrogen and oxygen atoms in total. The minimum absolute atomic E-state index is 0.364. The van der Waals surface area contributed by atoms with Gasteiger partial charge in [-0.15, -0.1) is 0 Å². The molecule has 0 bridgehead atoms. The van der Waals surface area contributed by atoms with Crippen molar-refractivity contribution in [1.82, 2.24) is 9.55 Å². The fraction of sp³-hybridized carbons (Fsp3) is 0. The van der Waals surface area contributed by atoms with Crippen molar-refractivity contribution in [2.75, 3.05) is 9.99 Å². The molecule has 0 saturated heterocycles. The molecule has 0 radical (unpaired) electrons. The van der Waals surface area contributed by atoms with Crippen LogP contribution in [0.1, 0.15) is 0 Å². The maximum Gasteiger partial charge on any atom is 0.138 e. The van der Waals surface area contributed by atoms with E-state index in [-0.39, 0.29) is 0 Å². The summed E-state index contributed by atoms with van der Waals surface area (Å²) in [5.74, 6) is 0.943. The highest BCUT2D eigenvalue weighted by atomic mass is 31.1. The van der Waals surface area contributed by atoms with Crippen LogP contribution in [-0.2, 0) is 0 Å². The summed E-state index contributed by atoms with van der Waals surface area (Å²) in [7, 11) is 0.364. The monoisotopic (exact) mass is 612 g/mol. The molecule has 0 aliphatic rings. The van der Waals surface area contributed by atoms with Gasteiger partial charge in [-0.3, -0.25) is 4.57 Å². The van der Waals surface area contributed by atoms with Gasteiger partial charge in [0, 0.05) is 42.3 Å². The van der Waals surface area contributed by atoms with E-state index in [1.807, 2.05) is 60.7 Å². The number of anilines is 4. The molecular formula is C41H33N4P. The molecule has 0 aliphatic heterocycles. The third kappa shape index (κ3) is 6.53. The van der Waals surface area contributed by atoms with Crippen LogP contribution in [0.2, 0.25) is 0 Å². The molecule has 1 unspecified atom stereocenters. The van der Waals surface area contributed by atoms with Crippen LogP contribution in [0.4, 0.5) is 22.7 Å². The average molecular weight is 613 g/mol. The first-order chi connectivity index (χ1) is 22.8. The largest absolute Gasteiger partial charge is 0.356 e. The third-order valence-electron chi connectivity index (χ3n) is 7.63. The second kappa shape index (κ2) is 13.9. The summed E-state index contributed by atoms with van der Waals surface area (Å²) in [5, 5.41) is 5.80. The van der Waals surface area contributed by atoms with Crippen LogP contribution >= 0.6 is 8.73 Å². The van der Waals surface area contributed by atoms with Crippen LogP contribution < -0.4 is 15.4 Å². The lowest BCUT2D eigenvalue weighted by Gasteiger charge is -2.24. The molecule has 0 amide bonds. The van der Waals surface area contributed by atoms with Crippen molar-refractivity contribution >= 4 is 58.7 Å². The maximum absolute atomic E-state index is 5.14. The molecule has 8 rings (SSSR count). The lowest BCUT2D eigenvalue weighted by molar-refractivity contribution is 1.09. The second-order valence-corrected chi connectivity index (χ2v) is 11.9. The number of aromatic nitrogens is 2. The molecule has 0 fully saturated rings. The van der Waals surface area contributed by atoms with Crippen LogP contribution in [0.15, 0.2) is 188 Å². The predicted octanol–water partition coefficient (Wildman–Crippen LogP) is 10.7. The Morgan fingerprint density at radius 1 is 0.435 bits per heavy atom. The third-order valence-corrected chi connectivity index (χ3v) is 8.88. The number of hydrogen-bond acceptors (Lipinski definition) is 3. The first-order valence-electron chi connectivity index (χ1n) is 15.3. The molecule has 6 aromatic carbocycles. The molecule has 1 atom stereocenters. The van der Waals surface area contributed by atoms with Crippen LogP contribution in [0.3, 0.4) is 0 Å². The van der Waals surface area contributed by atoms with Crippen molar-refractivity contribution in [3.63, 3.8) is 0 Å². The molecule has 2 aromatic heterocycles. The number of rotatable bonds is 7. The van der Waals surface area contributed by atoms with Crippen molar-refractivity contribution in [2.24, 2.45) is 0 Å². The van der Waals surface area contributed by atoms with E-state index in [4.69, 9.17) is 4.98 Å². The zero-order valence-electron chi connectivity index (χ0n) is 25.2. The lowest BCUT2D eigenvalue weighted by atomic mass is 10.2. The van der Waals surface area contributed by atoms with Gasteiger partial charge < -0.3 is 9.99 Å². The number of nitrogens with one attached hydrogen (secondary N) is 1. The van der Waals surface area contributed by atoms with Gasteiger partial charge in [-0.2, -0.15) is 0 Å². The summed E-state index contributed by atoms with van der Waals surface area (Å²) >= 11 is 0. The number of para-hydroxylation sites is 6. The van der Waals surface area contributed by atoms with Gasteiger partial charge >= 0.3 is 0 Å². The Kier molecular flexibility index (Phi) is 8.80. The maximum atomic E-state index is 5.14. The predicted molar refractivity (Wildman–Crippen MR) is 198 cm³/mol. The van der Waals surface area contributed by atoms with Crippen molar-refractivity contribution in [3.05, 3.63) is 188 Å². The summed E-state index contributed by atoms with van der Waals surface area (Å²) < 4.78 is 4.60. The smallest absolute Gasteiger partial charge is 0.138 e. The van der Waals surface area contributed by atoms with Crippen LogP contribution in [0.25, 0.3) is 27.6 Å². The Balaban J connectivity index is 0.000000218. The molecule has 5 heteroatoms. The summed E-state index contributed by atoms with van der Waals surface area (Å²) in [6.45, 7) is 0. The Bertz CT molecular complexity index is 2020. The Hall–Kier alpha value is -5.70. The molecule has 0 aliphatic carbocycles. The first-order valence-corrected chi connectivity index (χ1v) is 16.3. The highest BCUT2D eigenvalue weighted by Gasteiger charge is 2.15. The van der Waals surface area contributed by atoms with Gasteiger partial charge in [-0.1, -0.05) is 115 Å². The van der Waals surface area contributed by atoms with E-state index in [9.17, 15) is 0 Å². The SMILES string of the molecule is c1ccc(N(Pc2cccc(-n3c4ccccc4c4ccccc43)n2)c2ccccc2)cc1.c1ccc(Nc2ccccc2)cc1. The standard InChI is InChI=1S/C29H22N3P.C12H11N/c1-3-12-22(13-4-1)32(23-14-5-2-6-15-23)33-29-21-11-20-28(30-29)31-26-18-9-7-16-24(26)25-17-8-10-19-27(25)31;1-3-7-11(8-4-1)13-12-9-5-2-6-10-12/h1-21,33H;1-10,13H. The quantitative estimate of drug-likeness (QED) is 0.182. The Labute approximate surface area is 271 Å². The molecule has 2 heterocycles. The number of nitrogens with zero attached hydrogens (tertiary/aromatic N) is 3. The lowest BCUT2D eigenvalue weighted by Crippen LogP contribution is -2.14. The van der Waals surface area contributed by atoms with Crippen molar-refractivity contribution in [1.29, 1.82) is 0 Å². The minimum atomic E-state index is 0.364. The summed E-state index contributed by atoms with van der Waals surface area (Å²) in [5.41, 5.74) is 7.95. The van der Waals surface area contributed by atoms with E-state index in [0.717, 1.165) is 34.0 Å². The molecule has 1 N–H and O–H groups in total. The minimum Gasteiger partial charge on any atom is -0.356 e. The average Bonchev–Trinajstić information content (AvgIpc) is 3.47. The molecule has 0 saturated carbocycles. The van der Waals surface area contributed by atoms with Crippen molar-refractivity contribution in [3.8, 4) is 5.82 Å². The molecule has 8 aromatic rings. The van der Waals surface area contributed by atoms with Crippen LogP contribution in [0, 0.1) is 0 Å². The number of benzene rings is 6. The van der Waals surface area contributed by atoms with E-state index in [0.29, 0.717) is 8.73 Å². The van der Waals surface area contributed by atoms with Gasteiger partial charge in [0.1, 0.15) is 5.82 Å². The van der Waals surface area contributed by atoms with E-state index in [1.54, 1.807) is 0 Å². The van der Waals surface area contributed by atoms with E-state index < -0.39 is 0 Å². The molecule has 0 spiro atoms. The van der Waals surface area contributed by atoms with Gasteiger partial charge in [-0.05, 0) is 72.8 Å². The fourth-order valence-corrected chi connectivity index (χ4v) is 6.66. The number of pyridine rings is 1. The van der Waals surface area contributed by atoms with Gasteiger partial charge in [0.05, 0.1) is 16.5 Å². The van der Waals surface area contributed by atoms with Gasteiger partial charge in [0.25, 0.3) is 0 Å². The Morgan fingerprint density at radius 3 is 1.37 bits per heavy atom. The zero-order chi connectivity index (χ0) is 31.0. The normalized spacial score (nSPS) is 11.0. The Morgan fingerprint density at radius 2 is 0.870 bits per heavy atom. The van der Waals surface area contributed by atoms with Crippen molar-refractivity contribution < 1.29 is 0 Å². The first kappa shape index (κ1) is 29.0. The molecular weight excluding hydrogens is 579 g/mol. The van der Waals surface area contributed by atoms with Gasteiger partial charge in [0.2, 0.25) is 0 Å². The van der Waals surface area contributed by atoms with Gasteiger partial charge in [0.15, 0.2) is 0 Å². The summed E-state index contributed by atoms with van der Waals surface area (Å²) in [6, 6.07) is 64.8. The van der Waals surface area contributed by atoms with E-state index in [1.165, 1.54) is 21.8 Å². The summed E-state index contributed by atoms with van der Waals surface area (Å²) in [6.07, 6.45) is 0. The van der Waals surface area contributed by atoms with Gasteiger partial charge in [-0.25, -0.2) is 4.98 Å². The topological polar surface area (TPSA) is 33.1 Å². The number of hydrogen-bond donors (Lipinski definition) is 1. The zero-order valence-corrected chi connectivity index (χ0v) is 26.2. The molecule has 222 valence electrons. The van der Waals surface area contributed by atoms with Crippen molar-refractivity contribution in [2.45, 2.75) is 0 Å². The fourth-order valence-electron chi connectivity index (χ4n) is 5.54. The highest BCUT2D eigenvalue weighted by molar-refractivity contribution is 7.49.